The molecule has 1 heterocycles. The molecule has 0 aliphatic carbocycles. The minimum absolute atomic E-state index is 0.0478. The number of nitrogens with one attached hydrogen (secondary N) is 1. The van der Waals surface area contributed by atoms with Crippen LogP contribution in [0.2, 0.25) is 5.02 Å². The molecule has 0 spiro atoms. The Labute approximate surface area is 133 Å². The number of amides is 2. The molecule has 1 fully saturated rings. The van der Waals surface area contributed by atoms with Crippen molar-refractivity contribution in [3.63, 3.8) is 0 Å². The van der Waals surface area contributed by atoms with Crippen molar-refractivity contribution in [2.75, 3.05) is 18.4 Å². The first-order chi connectivity index (χ1) is 10.4. The second kappa shape index (κ2) is 7.07. The van der Waals surface area contributed by atoms with Gasteiger partial charge in [-0.2, -0.15) is 0 Å². The molecule has 2 N–H and O–H groups in total. The largest absolute Gasteiger partial charge is 0.393 e. The Kier molecular flexibility index (Phi) is 5.37. The van der Waals surface area contributed by atoms with E-state index in [0.717, 1.165) is 12.8 Å². The van der Waals surface area contributed by atoms with Crippen LogP contribution in [0.25, 0.3) is 0 Å². The van der Waals surface area contributed by atoms with Gasteiger partial charge in [-0.1, -0.05) is 17.7 Å². The maximum atomic E-state index is 13.7. The lowest BCUT2D eigenvalue weighted by Crippen LogP contribution is -2.47. The quantitative estimate of drug-likeness (QED) is 0.816. The van der Waals surface area contributed by atoms with Crippen LogP contribution in [0.3, 0.4) is 0 Å². The van der Waals surface area contributed by atoms with Gasteiger partial charge in [0.15, 0.2) is 5.82 Å². The molecule has 1 saturated heterocycles. The molecule has 1 aromatic carbocycles. The van der Waals surface area contributed by atoms with Crippen LogP contribution in [0.4, 0.5) is 10.1 Å². The Morgan fingerprint density at radius 1 is 1.50 bits per heavy atom. The summed E-state index contributed by atoms with van der Waals surface area (Å²) in [6, 6.07) is 4.17. The Morgan fingerprint density at radius 2 is 2.23 bits per heavy atom. The van der Waals surface area contributed by atoms with E-state index in [-0.39, 0.29) is 16.6 Å². The number of hydrogen-bond acceptors (Lipinski definition) is 3. The van der Waals surface area contributed by atoms with Crippen molar-refractivity contribution in [2.24, 2.45) is 5.92 Å². The first kappa shape index (κ1) is 16.7. The van der Waals surface area contributed by atoms with E-state index in [9.17, 15) is 19.1 Å². The van der Waals surface area contributed by atoms with E-state index in [2.05, 4.69) is 5.32 Å². The van der Waals surface area contributed by atoms with Gasteiger partial charge in [-0.3, -0.25) is 9.59 Å². The van der Waals surface area contributed by atoms with Gasteiger partial charge in [0.25, 0.3) is 0 Å². The molecular formula is C15H18ClFN2O3. The Bertz CT molecular complexity index is 580. The van der Waals surface area contributed by atoms with Crippen LogP contribution in [0, 0.1) is 11.7 Å². The zero-order chi connectivity index (χ0) is 16.3. The van der Waals surface area contributed by atoms with Crippen molar-refractivity contribution in [1.29, 1.82) is 0 Å². The fourth-order valence-electron chi connectivity index (χ4n) is 2.51. The standard InChI is InChI=1S/C15H18ClFN2O3/c1-9(20)10-4-3-7-19(8-10)15(22)14(21)18-12-6-2-5-11(16)13(12)17/h2,5-6,9-10,20H,3-4,7-8H2,1H3,(H,18,21). The number of aliphatic hydroxyl groups excluding tert-OH is 1. The number of hydrogen-bond donors (Lipinski definition) is 2. The lowest BCUT2D eigenvalue weighted by atomic mass is 9.93. The molecule has 0 saturated carbocycles. The highest BCUT2D eigenvalue weighted by molar-refractivity contribution is 6.39. The minimum atomic E-state index is -0.910. The molecule has 120 valence electrons. The minimum Gasteiger partial charge on any atom is -0.393 e. The lowest BCUT2D eigenvalue weighted by molar-refractivity contribution is -0.144. The highest BCUT2D eigenvalue weighted by Crippen LogP contribution is 2.23. The van der Waals surface area contributed by atoms with Crippen molar-refractivity contribution >= 4 is 29.1 Å². The van der Waals surface area contributed by atoms with Crippen LogP contribution in [0.15, 0.2) is 18.2 Å². The van der Waals surface area contributed by atoms with Crippen LogP contribution in [0.5, 0.6) is 0 Å². The number of anilines is 1. The van der Waals surface area contributed by atoms with Crippen LogP contribution >= 0.6 is 11.6 Å². The number of piperidine rings is 1. The van der Waals surface area contributed by atoms with E-state index in [1.54, 1.807) is 6.92 Å². The smallest absolute Gasteiger partial charge is 0.313 e. The summed E-state index contributed by atoms with van der Waals surface area (Å²) < 4.78 is 13.7. The summed E-state index contributed by atoms with van der Waals surface area (Å²) in [7, 11) is 0. The third-order valence-corrected chi connectivity index (χ3v) is 4.11. The van der Waals surface area contributed by atoms with Crippen LogP contribution < -0.4 is 5.32 Å². The summed E-state index contributed by atoms with van der Waals surface area (Å²) in [5, 5.41) is 11.7. The molecule has 5 nitrogen and oxygen atoms in total. The Morgan fingerprint density at radius 3 is 2.91 bits per heavy atom. The Balaban J connectivity index is 2.03. The number of carbonyl (C=O) groups is 2. The summed E-state index contributed by atoms with van der Waals surface area (Å²) in [6.45, 7) is 2.44. The molecule has 1 aliphatic heterocycles. The van der Waals surface area contributed by atoms with Gasteiger partial charge in [-0.05, 0) is 31.9 Å². The molecule has 1 aromatic rings. The van der Waals surface area contributed by atoms with Gasteiger partial charge < -0.3 is 15.3 Å². The van der Waals surface area contributed by atoms with Crippen molar-refractivity contribution in [3.8, 4) is 0 Å². The molecule has 2 atom stereocenters. The first-order valence-corrected chi connectivity index (χ1v) is 7.50. The Hall–Kier alpha value is -1.66. The maximum Gasteiger partial charge on any atom is 0.313 e. The third-order valence-electron chi connectivity index (χ3n) is 3.82. The average molecular weight is 329 g/mol. The molecule has 2 rings (SSSR count). The monoisotopic (exact) mass is 328 g/mol. The zero-order valence-corrected chi connectivity index (χ0v) is 12.9. The fraction of sp³-hybridized carbons (Fsp3) is 0.467. The maximum absolute atomic E-state index is 13.7. The number of carbonyl (C=O) groups excluding carboxylic acids is 2. The SMILES string of the molecule is CC(O)C1CCCN(C(=O)C(=O)Nc2cccc(Cl)c2F)C1. The molecule has 2 unspecified atom stereocenters. The van der Waals surface area contributed by atoms with E-state index in [1.807, 2.05) is 0 Å². The molecular weight excluding hydrogens is 311 g/mol. The van der Waals surface area contributed by atoms with Crippen LogP contribution in [-0.4, -0.2) is 41.0 Å². The lowest BCUT2D eigenvalue weighted by Gasteiger charge is -2.33. The van der Waals surface area contributed by atoms with Gasteiger partial charge in [-0.25, -0.2) is 4.39 Å². The number of benzene rings is 1. The summed E-state index contributed by atoms with van der Waals surface area (Å²) in [5.41, 5.74) is -0.130. The van der Waals surface area contributed by atoms with Gasteiger partial charge in [0.2, 0.25) is 0 Å². The van der Waals surface area contributed by atoms with Crippen LogP contribution in [-0.2, 0) is 9.59 Å². The predicted molar refractivity (Wildman–Crippen MR) is 81.0 cm³/mol. The zero-order valence-electron chi connectivity index (χ0n) is 12.2. The van der Waals surface area contributed by atoms with Gasteiger partial charge in [0, 0.05) is 19.0 Å². The molecule has 7 heteroatoms. The number of rotatable bonds is 2. The van der Waals surface area contributed by atoms with Gasteiger partial charge in [0.05, 0.1) is 16.8 Å². The molecule has 0 radical (unpaired) electrons. The van der Waals surface area contributed by atoms with Crippen molar-refractivity contribution < 1.29 is 19.1 Å². The topological polar surface area (TPSA) is 69.6 Å². The molecule has 1 aliphatic rings. The van der Waals surface area contributed by atoms with Crippen molar-refractivity contribution in [3.05, 3.63) is 29.0 Å². The van der Waals surface area contributed by atoms with Crippen molar-refractivity contribution in [1.82, 2.24) is 4.90 Å². The molecule has 2 amide bonds. The van der Waals surface area contributed by atoms with E-state index in [1.165, 1.54) is 23.1 Å². The number of likely N-dealkylation sites (tertiary alicyclic amines) is 1. The average Bonchev–Trinajstić information content (AvgIpc) is 2.51. The third kappa shape index (κ3) is 3.75. The van der Waals surface area contributed by atoms with Crippen molar-refractivity contribution in [2.45, 2.75) is 25.9 Å². The summed E-state index contributed by atoms with van der Waals surface area (Å²) in [6.07, 6.45) is 0.996. The van der Waals surface area contributed by atoms with E-state index < -0.39 is 23.7 Å². The molecule has 0 aromatic heterocycles. The molecule has 0 bridgehead atoms. The number of halogens is 2. The van der Waals surface area contributed by atoms with E-state index in [4.69, 9.17) is 11.6 Å². The summed E-state index contributed by atoms with van der Waals surface area (Å²) >= 11 is 5.63. The highest BCUT2D eigenvalue weighted by Gasteiger charge is 2.30. The van der Waals surface area contributed by atoms with Gasteiger partial charge in [0.1, 0.15) is 0 Å². The normalized spacial score (nSPS) is 19.6. The van der Waals surface area contributed by atoms with E-state index in [0.29, 0.717) is 13.1 Å². The van der Waals surface area contributed by atoms with Gasteiger partial charge >= 0.3 is 11.8 Å². The number of nitrogens with zero attached hydrogens (tertiary/aromatic N) is 1. The second-order valence-corrected chi connectivity index (χ2v) is 5.86. The van der Waals surface area contributed by atoms with Gasteiger partial charge in [-0.15, -0.1) is 0 Å². The number of aliphatic hydroxyl groups is 1. The second-order valence-electron chi connectivity index (χ2n) is 5.45. The summed E-state index contributed by atoms with van der Waals surface area (Å²) in [4.78, 5) is 25.5. The molecule has 22 heavy (non-hydrogen) atoms. The van der Waals surface area contributed by atoms with Crippen LogP contribution in [0.1, 0.15) is 19.8 Å². The highest BCUT2D eigenvalue weighted by atomic mass is 35.5. The van der Waals surface area contributed by atoms with E-state index >= 15 is 0 Å². The summed E-state index contributed by atoms with van der Waals surface area (Å²) in [5.74, 6) is -2.46. The predicted octanol–water partition coefficient (Wildman–Crippen LogP) is 2.04. The first-order valence-electron chi connectivity index (χ1n) is 7.12. The fourth-order valence-corrected chi connectivity index (χ4v) is 2.68.